The Morgan fingerprint density at radius 1 is 1.38 bits per heavy atom. The van der Waals surface area contributed by atoms with E-state index in [1.807, 2.05) is 13.8 Å². The molecular weight excluding hydrogens is 172 g/mol. The lowest BCUT2D eigenvalue weighted by Crippen LogP contribution is -2.61. The molecule has 4 heteroatoms. The number of ether oxygens (including phenoxy) is 1. The molecule has 2 aliphatic rings. The minimum atomic E-state index is -1.27. The molecule has 1 aliphatic carbocycles. The fourth-order valence-electron chi connectivity index (χ4n) is 2.43. The van der Waals surface area contributed by atoms with Gasteiger partial charge in [0.25, 0.3) is 0 Å². The SMILES string of the molecule is CC(C)[C@@H]1OC2(O)C[C@H](O)C(O)C12. The van der Waals surface area contributed by atoms with Gasteiger partial charge in [0.2, 0.25) is 0 Å². The summed E-state index contributed by atoms with van der Waals surface area (Å²) in [5.74, 6) is -1.33. The molecule has 13 heavy (non-hydrogen) atoms. The lowest BCUT2D eigenvalue weighted by molar-refractivity contribution is -0.371. The molecule has 0 aromatic carbocycles. The van der Waals surface area contributed by atoms with Crippen molar-refractivity contribution in [1.29, 1.82) is 0 Å². The molecule has 0 bridgehead atoms. The second-order valence-corrected chi connectivity index (χ2v) is 4.46. The maximum absolute atomic E-state index is 9.77. The van der Waals surface area contributed by atoms with Crippen LogP contribution in [0.2, 0.25) is 0 Å². The van der Waals surface area contributed by atoms with Crippen LogP contribution in [0.3, 0.4) is 0 Å². The molecule has 0 amide bonds. The van der Waals surface area contributed by atoms with Crippen molar-refractivity contribution >= 4 is 0 Å². The molecule has 1 heterocycles. The molecule has 3 unspecified atom stereocenters. The average Bonchev–Trinajstić information content (AvgIpc) is 2.12. The summed E-state index contributed by atoms with van der Waals surface area (Å²) in [6.45, 7) is 3.95. The first-order valence-electron chi connectivity index (χ1n) is 4.72. The molecule has 1 saturated heterocycles. The molecule has 1 saturated carbocycles. The monoisotopic (exact) mass is 188 g/mol. The second-order valence-electron chi connectivity index (χ2n) is 4.46. The highest BCUT2D eigenvalue weighted by molar-refractivity contribution is 5.07. The Kier molecular flexibility index (Phi) is 1.93. The highest BCUT2D eigenvalue weighted by Crippen LogP contribution is 2.51. The van der Waals surface area contributed by atoms with Gasteiger partial charge in [-0.3, -0.25) is 0 Å². The predicted octanol–water partition coefficient (Wildman–Crippen LogP) is -0.528. The number of fused-ring (bicyclic) bond motifs is 1. The summed E-state index contributed by atoms with van der Waals surface area (Å²) in [6, 6.07) is 0. The van der Waals surface area contributed by atoms with Crippen LogP contribution in [0.5, 0.6) is 0 Å². The summed E-state index contributed by atoms with van der Waals surface area (Å²) in [5.41, 5.74) is 0. The molecular formula is C9H16O4. The molecule has 5 atom stereocenters. The van der Waals surface area contributed by atoms with Gasteiger partial charge in [0.15, 0.2) is 5.79 Å². The first-order chi connectivity index (χ1) is 5.96. The quantitative estimate of drug-likeness (QED) is 0.517. The van der Waals surface area contributed by atoms with Gasteiger partial charge in [-0.1, -0.05) is 13.8 Å². The Morgan fingerprint density at radius 3 is 2.46 bits per heavy atom. The van der Waals surface area contributed by atoms with Crippen molar-refractivity contribution < 1.29 is 20.1 Å². The third-order valence-corrected chi connectivity index (χ3v) is 3.14. The molecule has 76 valence electrons. The van der Waals surface area contributed by atoms with E-state index in [4.69, 9.17) is 4.74 Å². The Labute approximate surface area is 77.1 Å². The largest absolute Gasteiger partial charge is 0.390 e. The van der Waals surface area contributed by atoms with E-state index in [0.29, 0.717) is 0 Å². The van der Waals surface area contributed by atoms with Crippen LogP contribution in [-0.4, -0.2) is 39.4 Å². The minimum Gasteiger partial charge on any atom is -0.390 e. The van der Waals surface area contributed by atoms with Gasteiger partial charge in [-0.15, -0.1) is 0 Å². The number of hydrogen-bond acceptors (Lipinski definition) is 4. The van der Waals surface area contributed by atoms with Gasteiger partial charge in [-0.25, -0.2) is 0 Å². The van der Waals surface area contributed by atoms with Gasteiger partial charge in [0, 0.05) is 6.42 Å². The van der Waals surface area contributed by atoms with Gasteiger partial charge in [0.1, 0.15) is 0 Å². The zero-order chi connectivity index (χ0) is 9.80. The Balaban J connectivity index is 2.14. The number of hydrogen-bond donors (Lipinski definition) is 3. The molecule has 3 N–H and O–H groups in total. The van der Waals surface area contributed by atoms with Crippen LogP contribution in [0.4, 0.5) is 0 Å². The van der Waals surface area contributed by atoms with Crippen molar-refractivity contribution in [2.75, 3.05) is 0 Å². The van der Waals surface area contributed by atoms with Crippen LogP contribution in [-0.2, 0) is 4.74 Å². The third kappa shape index (κ3) is 1.13. The van der Waals surface area contributed by atoms with E-state index in [1.165, 1.54) is 0 Å². The summed E-state index contributed by atoms with van der Waals surface area (Å²) in [6.07, 6.45) is -1.69. The molecule has 0 radical (unpaired) electrons. The second kappa shape index (κ2) is 2.67. The Morgan fingerprint density at radius 2 is 2.00 bits per heavy atom. The molecule has 0 spiro atoms. The zero-order valence-electron chi connectivity index (χ0n) is 7.84. The van der Waals surface area contributed by atoms with Crippen molar-refractivity contribution in [2.24, 2.45) is 11.8 Å². The molecule has 0 aromatic heterocycles. The molecule has 0 aromatic rings. The van der Waals surface area contributed by atoms with E-state index in [-0.39, 0.29) is 24.4 Å². The summed E-state index contributed by atoms with van der Waals surface area (Å²) < 4.78 is 5.29. The predicted molar refractivity (Wildman–Crippen MR) is 44.8 cm³/mol. The fraction of sp³-hybridized carbons (Fsp3) is 1.00. The lowest BCUT2D eigenvalue weighted by atomic mass is 9.81. The van der Waals surface area contributed by atoms with E-state index >= 15 is 0 Å². The van der Waals surface area contributed by atoms with Gasteiger partial charge in [0.05, 0.1) is 24.2 Å². The van der Waals surface area contributed by atoms with Crippen LogP contribution in [0.25, 0.3) is 0 Å². The van der Waals surface area contributed by atoms with E-state index in [0.717, 1.165) is 0 Å². The topological polar surface area (TPSA) is 69.9 Å². The smallest absolute Gasteiger partial charge is 0.176 e. The van der Waals surface area contributed by atoms with Crippen molar-refractivity contribution in [3.8, 4) is 0 Å². The highest BCUT2D eigenvalue weighted by Gasteiger charge is 2.65. The van der Waals surface area contributed by atoms with Crippen molar-refractivity contribution in [3.63, 3.8) is 0 Å². The number of rotatable bonds is 1. The van der Waals surface area contributed by atoms with Crippen LogP contribution >= 0.6 is 0 Å². The van der Waals surface area contributed by atoms with E-state index in [9.17, 15) is 15.3 Å². The number of aliphatic hydroxyl groups is 3. The van der Waals surface area contributed by atoms with Gasteiger partial charge in [-0.2, -0.15) is 0 Å². The normalized spacial score (nSPS) is 54.9. The van der Waals surface area contributed by atoms with Crippen LogP contribution in [0.15, 0.2) is 0 Å². The van der Waals surface area contributed by atoms with Crippen LogP contribution < -0.4 is 0 Å². The fourth-order valence-corrected chi connectivity index (χ4v) is 2.43. The van der Waals surface area contributed by atoms with E-state index in [1.54, 1.807) is 0 Å². The summed E-state index contributed by atoms with van der Waals surface area (Å²) in [5, 5.41) is 28.7. The zero-order valence-corrected chi connectivity index (χ0v) is 7.84. The first kappa shape index (κ1) is 9.40. The number of aliphatic hydroxyl groups excluding tert-OH is 2. The summed E-state index contributed by atoms with van der Waals surface area (Å²) in [7, 11) is 0. The van der Waals surface area contributed by atoms with Crippen molar-refractivity contribution in [1.82, 2.24) is 0 Å². The maximum Gasteiger partial charge on any atom is 0.176 e. The van der Waals surface area contributed by atoms with Gasteiger partial charge in [-0.05, 0) is 5.92 Å². The van der Waals surface area contributed by atoms with Crippen LogP contribution in [0.1, 0.15) is 20.3 Å². The first-order valence-corrected chi connectivity index (χ1v) is 4.72. The van der Waals surface area contributed by atoms with Crippen molar-refractivity contribution in [3.05, 3.63) is 0 Å². The maximum atomic E-state index is 9.77. The average molecular weight is 188 g/mol. The van der Waals surface area contributed by atoms with Crippen LogP contribution in [0, 0.1) is 11.8 Å². The Bertz CT molecular complexity index is 218. The highest BCUT2D eigenvalue weighted by atomic mass is 16.7. The molecule has 2 fully saturated rings. The minimum absolute atomic E-state index is 0.127. The third-order valence-electron chi connectivity index (χ3n) is 3.14. The molecule has 1 aliphatic heterocycles. The summed E-state index contributed by atoms with van der Waals surface area (Å²) >= 11 is 0. The molecule has 4 nitrogen and oxygen atoms in total. The lowest BCUT2D eigenvalue weighted by Gasteiger charge is -2.50. The van der Waals surface area contributed by atoms with E-state index < -0.39 is 18.0 Å². The van der Waals surface area contributed by atoms with E-state index in [2.05, 4.69) is 0 Å². The van der Waals surface area contributed by atoms with Crippen molar-refractivity contribution in [2.45, 2.75) is 44.4 Å². The van der Waals surface area contributed by atoms with Gasteiger partial charge >= 0.3 is 0 Å². The Hall–Kier alpha value is -0.160. The molecule has 2 rings (SSSR count). The summed E-state index contributed by atoms with van der Waals surface area (Å²) in [4.78, 5) is 0. The van der Waals surface area contributed by atoms with Gasteiger partial charge < -0.3 is 20.1 Å². The standard InChI is InChI=1S/C9H16O4/c1-4(2)8-6-7(11)5(10)3-9(6,12)13-8/h4-8,10-12H,3H2,1-2H3/t5-,6?,7?,8-,9?/m0/s1.